The van der Waals surface area contributed by atoms with E-state index >= 15 is 0 Å². The number of rotatable bonds is 4. The number of phenolic OH excluding ortho intramolecular Hbond substituents is 1. The molecular formula is C16H18ClN3O4. The zero-order chi connectivity index (χ0) is 18.0. The largest absolute Gasteiger partial charge is 0.507 e. The summed E-state index contributed by atoms with van der Waals surface area (Å²) < 4.78 is 6.74. The van der Waals surface area contributed by atoms with Gasteiger partial charge in [0.05, 0.1) is 17.1 Å². The molecule has 2 rings (SSSR count). The van der Waals surface area contributed by atoms with Crippen molar-refractivity contribution >= 4 is 29.2 Å². The zero-order valence-electron chi connectivity index (χ0n) is 13.8. The van der Waals surface area contributed by atoms with Gasteiger partial charge < -0.3 is 15.2 Å². The third-order valence-corrected chi connectivity index (χ3v) is 3.83. The summed E-state index contributed by atoms with van der Waals surface area (Å²) in [7, 11) is 1.77. The number of anilines is 1. The smallest absolute Gasteiger partial charge is 0.342 e. The summed E-state index contributed by atoms with van der Waals surface area (Å²) in [4.78, 5) is 24.3. The predicted molar refractivity (Wildman–Crippen MR) is 89.3 cm³/mol. The van der Waals surface area contributed by atoms with Gasteiger partial charge in [0.15, 0.2) is 6.10 Å². The molecule has 0 fully saturated rings. The molecule has 1 atom stereocenters. The summed E-state index contributed by atoms with van der Waals surface area (Å²) in [6, 6.07) is 4.01. The third-order valence-electron chi connectivity index (χ3n) is 3.59. The second-order valence-electron chi connectivity index (χ2n) is 5.37. The van der Waals surface area contributed by atoms with Gasteiger partial charge in [-0.1, -0.05) is 11.6 Å². The number of phenols is 1. The molecule has 0 aliphatic carbocycles. The lowest BCUT2D eigenvalue weighted by atomic mass is 10.2. The van der Waals surface area contributed by atoms with E-state index in [0.29, 0.717) is 11.4 Å². The molecule has 0 saturated carbocycles. The Morgan fingerprint density at radius 3 is 2.58 bits per heavy atom. The number of esters is 1. The standard InChI is InChI=1S/C16H18ClN3O4/c1-8-14(9(2)20(4)19-8)18-15(22)10(3)24-16(23)12-6-5-11(17)7-13(12)21/h5-7,10,21H,1-4H3,(H,18,22)/t10-/m1/s1. The highest BCUT2D eigenvalue weighted by atomic mass is 35.5. The Bertz CT molecular complexity index is 801. The maximum Gasteiger partial charge on any atom is 0.342 e. The molecule has 2 N–H and O–H groups in total. The average molecular weight is 352 g/mol. The molecule has 0 unspecified atom stereocenters. The minimum absolute atomic E-state index is 0.0622. The van der Waals surface area contributed by atoms with Crippen LogP contribution in [-0.4, -0.2) is 32.9 Å². The molecule has 0 aliphatic heterocycles. The molecule has 0 saturated heterocycles. The van der Waals surface area contributed by atoms with Gasteiger partial charge in [-0.3, -0.25) is 9.48 Å². The fourth-order valence-corrected chi connectivity index (χ4v) is 2.30. The van der Waals surface area contributed by atoms with Crippen LogP contribution in [0.2, 0.25) is 5.02 Å². The number of nitrogens with one attached hydrogen (secondary N) is 1. The number of hydrogen-bond acceptors (Lipinski definition) is 5. The fourth-order valence-electron chi connectivity index (χ4n) is 2.13. The van der Waals surface area contributed by atoms with Crippen LogP contribution in [0.4, 0.5) is 5.69 Å². The molecule has 2 aromatic rings. The van der Waals surface area contributed by atoms with Crippen molar-refractivity contribution in [1.29, 1.82) is 0 Å². The molecule has 1 aromatic carbocycles. The summed E-state index contributed by atoms with van der Waals surface area (Å²) in [6.45, 7) is 5.03. The van der Waals surface area contributed by atoms with Crippen molar-refractivity contribution in [3.63, 3.8) is 0 Å². The Kier molecular flexibility index (Phi) is 5.14. The van der Waals surface area contributed by atoms with E-state index in [0.717, 1.165) is 5.69 Å². The fraction of sp³-hybridized carbons (Fsp3) is 0.312. The van der Waals surface area contributed by atoms with Crippen molar-refractivity contribution in [2.45, 2.75) is 26.9 Å². The average Bonchev–Trinajstić information content (AvgIpc) is 2.73. The van der Waals surface area contributed by atoms with Crippen LogP contribution in [0.15, 0.2) is 18.2 Å². The molecule has 128 valence electrons. The number of benzene rings is 1. The number of halogens is 1. The lowest BCUT2D eigenvalue weighted by Gasteiger charge is -2.14. The van der Waals surface area contributed by atoms with Gasteiger partial charge in [-0.05, 0) is 39.0 Å². The Balaban J connectivity index is 2.07. The summed E-state index contributed by atoms with van der Waals surface area (Å²) in [5.41, 5.74) is 1.97. The van der Waals surface area contributed by atoms with Crippen molar-refractivity contribution in [3.05, 3.63) is 40.2 Å². The van der Waals surface area contributed by atoms with Gasteiger partial charge in [-0.25, -0.2) is 4.79 Å². The number of amides is 1. The quantitative estimate of drug-likeness (QED) is 0.826. The van der Waals surface area contributed by atoms with Gasteiger partial charge in [0.1, 0.15) is 11.3 Å². The normalized spacial score (nSPS) is 11.9. The van der Waals surface area contributed by atoms with Crippen molar-refractivity contribution in [2.75, 3.05) is 5.32 Å². The Labute approximate surface area is 144 Å². The number of hydrogen-bond donors (Lipinski definition) is 2. The molecule has 7 nitrogen and oxygen atoms in total. The first-order valence-electron chi connectivity index (χ1n) is 7.21. The van der Waals surface area contributed by atoms with E-state index in [9.17, 15) is 14.7 Å². The Morgan fingerprint density at radius 2 is 2.04 bits per heavy atom. The molecule has 1 heterocycles. The van der Waals surface area contributed by atoms with Crippen molar-refractivity contribution in [1.82, 2.24) is 9.78 Å². The second-order valence-corrected chi connectivity index (χ2v) is 5.80. The van der Waals surface area contributed by atoms with Gasteiger partial charge in [-0.2, -0.15) is 5.10 Å². The highest BCUT2D eigenvalue weighted by molar-refractivity contribution is 6.30. The van der Waals surface area contributed by atoms with E-state index in [2.05, 4.69) is 10.4 Å². The van der Waals surface area contributed by atoms with E-state index in [1.54, 1.807) is 18.7 Å². The van der Waals surface area contributed by atoms with Crippen molar-refractivity contribution < 1.29 is 19.4 Å². The number of aromatic hydroxyl groups is 1. The molecule has 0 aliphatic rings. The van der Waals surface area contributed by atoms with Crippen molar-refractivity contribution in [3.8, 4) is 5.75 Å². The number of aryl methyl sites for hydroxylation is 2. The van der Waals surface area contributed by atoms with Gasteiger partial charge in [0.2, 0.25) is 0 Å². The van der Waals surface area contributed by atoms with E-state index in [1.165, 1.54) is 25.1 Å². The van der Waals surface area contributed by atoms with Gasteiger partial charge in [-0.15, -0.1) is 0 Å². The van der Waals surface area contributed by atoms with Gasteiger partial charge in [0, 0.05) is 12.1 Å². The number of ether oxygens (including phenoxy) is 1. The first-order chi connectivity index (χ1) is 11.2. The van der Waals surface area contributed by atoms with E-state index in [-0.39, 0.29) is 16.3 Å². The zero-order valence-corrected chi connectivity index (χ0v) is 14.5. The monoisotopic (exact) mass is 351 g/mol. The minimum Gasteiger partial charge on any atom is -0.507 e. The van der Waals surface area contributed by atoms with Crippen LogP contribution in [0.3, 0.4) is 0 Å². The molecule has 24 heavy (non-hydrogen) atoms. The van der Waals surface area contributed by atoms with Crippen LogP contribution >= 0.6 is 11.6 Å². The summed E-state index contributed by atoms with van der Waals surface area (Å²) in [6.07, 6.45) is -1.05. The number of carbonyl (C=O) groups excluding carboxylic acids is 2. The van der Waals surface area contributed by atoms with E-state index in [1.807, 2.05) is 6.92 Å². The molecule has 0 spiro atoms. The molecular weight excluding hydrogens is 334 g/mol. The predicted octanol–water partition coefficient (Wildman–Crippen LogP) is 2.58. The highest BCUT2D eigenvalue weighted by Gasteiger charge is 2.23. The third kappa shape index (κ3) is 3.68. The van der Waals surface area contributed by atoms with E-state index in [4.69, 9.17) is 16.3 Å². The second kappa shape index (κ2) is 6.92. The molecule has 0 bridgehead atoms. The number of carbonyl (C=O) groups is 2. The van der Waals surface area contributed by atoms with Crippen LogP contribution in [0.1, 0.15) is 28.7 Å². The molecule has 8 heteroatoms. The summed E-state index contributed by atoms with van der Waals surface area (Å²) >= 11 is 5.72. The topological polar surface area (TPSA) is 93.5 Å². The highest BCUT2D eigenvalue weighted by Crippen LogP contribution is 2.23. The van der Waals surface area contributed by atoms with E-state index < -0.39 is 18.0 Å². The SMILES string of the molecule is Cc1nn(C)c(C)c1NC(=O)[C@@H](C)OC(=O)c1ccc(Cl)cc1O. The van der Waals surface area contributed by atoms with Crippen LogP contribution in [-0.2, 0) is 16.6 Å². The number of nitrogens with zero attached hydrogens (tertiary/aromatic N) is 2. The molecule has 1 amide bonds. The van der Waals surface area contributed by atoms with Crippen LogP contribution in [0.5, 0.6) is 5.75 Å². The molecule has 1 aromatic heterocycles. The Morgan fingerprint density at radius 1 is 1.38 bits per heavy atom. The first-order valence-corrected chi connectivity index (χ1v) is 7.59. The lowest BCUT2D eigenvalue weighted by molar-refractivity contribution is -0.123. The van der Waals surface area contributed by atoms with Crippen LogP contribution in [0, 0.1) is 13.8 Å². The minimum atomic E-state index is -1.05. The number of aromatic nitrogens is 2. The van der Waals surface area contributed by atoms with Crippen molar-refractivity contribution in [2.24, 2.45) is 7.05 Å². The van der Waals surface area contributed by atoms with Crippen LogP contribution in [0.25, 0.3) is 0 Å². The Hall–Kier alpha value is -2.54. The van der Waals surface area contributed by atoms with Gasteiger partial charge >= 0.3 is 5.97 Å². The maximum atomic E-state index is 12.2. The van der Waals surface area contributed by atoms with Crippen LogP contribution < -0.4 is 5.32 Å². The summed E-state index contributed by atoms with van der Waals surface area (Å²) in [5, 5.41) is 16.9. The summed E-state index contributed by atoms with van der Waals surface area (Å²) in [5.74, 6) is -1.61. The first kappa shape index (κ1) is 17.8. The maximum absolute atomic E-state index is 12.2. The molecule has 0 radical (unpaired) electrons. The van der Waals surface area contributed by atoms with Gasteiger partial charge in [0.25, 0.3) is 5.91 Å². The lowest BCUT2D eigenvalue weighted by Crippen LogP contribution is -2.30.